The Bertz CT molecular complexity index is 1050. The molecule has 1 aromatic heterocycles. The van der Waals surface area contributed by atoms with Crippen LogP contribution in [0.25, 0.3) is 0 Å². The highest BCUT2D eigenvalue weighted by Gasteiger charge is 2.25. The normalized spacial score (nSPS) is 16.1. The number of ether oxygens (including phenoxy) is 1. The van der Waals surface area contributed by atoms with Crippen LogP contribution in [0.5, 0.6) is 5.75 Å². The van der Waals surface area contributed by atoms with Crippen LogP contribution in [0.1, 0.15) is 47.6 Å². The van der Waals surface area contributed by atoms with Gasteiger partial charge in [0, 0.05) is 42.3 Å². The van der Waals surface area contributed by atoms with Crippen molar-refractivity contribution in [1.82, 2.24) is 9.88 Å². The number of hydrogen-bond acceptors (Lipinski definition) is 3. The predicted molar refractivity (Wildman–Crippen MR) is 128 cm³/mol. The Morgan fingerprint density at radius 2 is 1.94 bits per heavy atom. The van der Waals surface area contributed by atoms with E-state index in [0.717, 1.165) is 55.8 Å². The molecule has 32 heavy (non-hydrogen) atoms. The first-order valence-corrected chi connectivity index (χ1v) is 11.6. The minimum absolute atomic E-state index is 0.212. The van der Waals surface area contributed by atoms with Gasteiger partial charge in [0.25, 0.3) is 0 Å². The van der Waals surface area contributed by atoms with Crippen LogP contribution in [0.3, 0.4) is 0 Å². The number of methoxy groups -OCH3 is 1. The Hall–Kier alpha value is -2.85. The highest BCUT2D eigenvalue weighted by atomic mass is 35.5. The maximum atomic E-state index is 12.8. The van der Waals surface area contributed by atoms with Gasteiger partial charge in [0.1, 0.15) is 5.75 Å². The number of carbonyl (C=O) groups excluding carboxylic acids is 1. The smallest absolute Gasteiger partial charge is 0.222 e. The molecule has 0 N–H and O–H groups in total. The molecule has 2 heterocycles. The maximum Gasteiger partial charge on any atom is 0.222 e. The number of likely N-dealkylation sites (tertiary alicyclic amines) is 1. The minimum Gasteiger partial charge on any atom is -0.497 e. The van der Waals surface area contributed by atoms with Gasteiger partial charge in [0.05, 0.1) is 7.11 Å². The lowest BCUT2D eigenvalue weighted by atomic mass is 9.93. The molecule has 1 unspecified atom stereocenters. The van der Waals surface area contributed by atoms with Gasteiger partial charge in [-0.25, -0.2) is 0 Å². The second-order valence-corrected chi connectivity index (χ2v) is 8.86. The predicted octanol–water partition coefficient (Wildman–Crippen LogP) is 5.67. The van der Waals surface area contributed by atoms with Crippen LogP contribution in [0, 0.1) is 0 Å². The Morgan fingerprint density at radius 3 is 2.72 bits per heavy atom. The highest BCUT2D eigenvalue weighted by Crippen LogP contribution is 2.27. The molecule has 1 fully saturated rings. The third kappa shape index (κ3) is 5.89. The van der Waals surface area contributed by atoms with E-state index >= 15 is 0 Å². The standard InChI is InChI=1S/C27H29ClN2O2/c1-32-25-9-3-6-21(17-25)15-22-10-12-26(29-18-22)23-7-4-14-30(19-23)27(31)13-11-20-5-2-8-24(28)16-20/h2-3,5-6,8-10,12,16-18,23H,4,7,11,13-15,19H2,1H3. The zero-order chi connectivity index (χ0) is 22.3. The van der Waals surface area contributed by atoms with Crippen LogP contribution in [-0.4, -0.2) is 36.0 Å². The number of carbonyl (C=O) groups is 1. The number of amides is 1. The fraction of sp³-hybridized carbons (Fsp3) is 0.333. The summed E-state index contributed by atoms with van der Waals surface area (Å²) in [6.45, 7) is 1.58. The zero-order valence-corrected chi connectivity index (χ0v) is 19.2. The first-order valence-electron chi connectivity index (χ1n) is 11.2. The van der Waals surface area contributed by atoms with E-state index < -0.39 is 0 Å². The van der Waals surface area contributed by atoms with Gasteiger partial charge in [-0.2, -0.15) is 0 Å². The maximum absolute atomic E-state index is 12.8. The van der Waals surface area contributed by atoms with E-state index in [0.29, 0.717) is 17.4 Å². The van der Waals surface area contributed by atoms with Crippen LogP contribution >= 0.6 is 11.6 Å². The second-order valence-electron chi connectivity index (χ2n) is 8.43. The molecule has 2 aromatic carbocycles. The molecular weight excluding hydrogens is 420 g/mol. The molecule has 1 amide bonds. The number of halogens is 1. The topological polar surface area (TPSA) is 42.4 Å². The van der Waals surface area contributed by atoms with Crippen molar-refractivity contribution in [2.75, 3.05) is 20.2 Å². The van der Waals surface area contributed by atoms with Crippen molar-refractivity contribution in [3.63, 3.8) is 0 Å². The van der Waals surface area contributed by atoms with Gasteiger partial charge >= 0.3 is 0 Å². The number of aromatic nitrogens is 1. The number of benzene rings is 2. The molecule has 0 radical (unpaired) electrons. The average Bonchev–Trinajstić information content (AvgIpc) is 2.83. The molecule has 4 nitrogen and oxygen atoms in total. The Balaban J connectivity index is 1.33. The van der Waals surface area contributed by atoms with Crippen molar-refractivity contribution in [1.29, 1.82) is 0 Å². The number of piperidine rings is 1. The highest BCUT2D eigenvalue weighted by molar-refractivity contribution is 6.30. The molecule has 0 spiro atoms. The van der Waals surface area contributed by atoms with Gasteiger partial charge in [-0.3, -0.25) is 9.78 Å². The first kappa shape index (κ1) is 22.3. The van der Waals surface area contributed by atoms with E-state index in [1.54, 1.807) is 7.11 Å². The summed E-state index contributed by atoms with van der Waals surface area (Å²) in [7, 11) is 1.69. The first-order chi connectivity index (χ1) is 15.6. The third-order valence-electron chi connectivity index (χ3n) is 6.10. The van der Waals surface area contributed by atoms with E-state index in [-0.39, 0.29) is 5.91 Å². The van der Waals surface area contributed by atoms with Gasteiger partial charge < -0.3 is 9.64 Å². The lowest BCUT2D eigenvalue weighted by Crippen LogP contribution is -2.39. The van der Waals surface area contributed by atoms with E-state index in [1.165, 1.54) is 11.1 Å². The lowest BCUT2D eigenvalue weighted by molar-refractivity contribution is -0.132. The molecule has 1 aliphatic rings. The van der Waals surface area contributed by atoms with E-state index in [1.807, 2.05) is 47.5 Å². The number of rotatable bonds is 7. The zero-order valence-electron chi connectivity index (χ0n) is 18.5. The number of nitrogens with zero attached hydrogens (tertiary/aromatic N) is 2. The SMILES string of the molecule is COc1cccc(Cc2ccc(C3CCCN(C(=O)CCc4cccc(Cl)c4)C3)nc2)c1. The van der Waals surface area contributed by atoms with Crippen LogP contribution in [-0.2, 0) is 17.6 Å². The molecule has 0 aliphatic carbocycles. The summed E-state index contributed by atoms with van der Waals surface area (Å²) in [4.78, 5) is 19.6. The summed E-state index contributed by atoms with van der Waals surface area (Å²) >= 11 is 6.06. The molecule has 0 saturated carbocycles. The van der Waals surface area contributed by atoms with Crippen molar-refractivity contribution in [3.05, 3.63) is 94.3 Å². The second kappa shape index (κ2) is 10.6. The van der Waals surface area contributed by atoms with E-state index in [4.69, 9.17) is 21.3 Å². The summed E-state index contributed by atoms with van der Waals surface area (Å²) in [5, 5.41) is 0.717. The molecule has 1 atom stereocenters. The van der Waals surface area contributed by atoms with Crippen LogP contribution in [0.2, 0.25) is 5.02 Å². The summed E-state index contributed by atoms with van der Waals surface area (Å²) in [6.07, 6.45) is 6.11. The monoisotopic (exact) mass is 448 g/mol. The van der Waals surface area contributed by atoms with Crippen LogP contribution < -0.4 is 4.74 Å². The molecule has 3 aromatic rings. The van der Waals surface area contributed by atoms with E-state index in [9.17, 15) is 4.79 Å². The number of hydrogen-bond donors (Lipinski definition) is 0. The van der Waals surface area contributed by atoms with Crippen LogP contribution in [0.4, 0.5) is 0 Å². The average molecular weight is 449 g/mol. The van der Waals surface area contributed by atoms with Crippen molar-refractivity contribution < 1.29 is 9.53 Å². The summed E-state index contributed by atoms with van der Waals surface area (Å²) < 4.78 is 5.31. The summed E-state index contributed by atoms with van der Waals surface area (Å²) in [5.74, 6) is 1.38. The quantitative estimate of drug-likeness (QED) is 0.467. The van der Waals surface area contributed by atoms with Crippen molar-refractivity contribution >= 4 is 17.5 Å². The van der Waals surface area contributed by atoms with Crippen molar-refractivity contribution in [2.24, 2.45) is 0 Å². The van der Waals surface area contributed by atoms with Gasteiger partial charge in [0.2, 0.25) is 5.91 Å². The van der Waals surface area contributed by atoms with Gasteiger partial charge in [0.15, 0.2) is 0 Å². The van der Waals surface area contributed by atoms with Gasteiger partial charge in [-0.05, 0) is 72.7 Å². The Morgan fingerprint density at radius 1 is 1.09 bits per heavy atom. The summed E-state index contributed by atoms with van der Waals surface area (Å²) in [5.41, 5.74) is 4.56. The third-order valence-corrected chi connectivity index (χ3v) is 6.33. The molecule has 166 valence electrons. The largest absolute Gasteiger partial charge is 0.497 e. The fourth-order valence-electron chi connectivity index (χ4n) is 4.35. The Labute approximate surface area is 195 Å². The fourth-order valence-corrected chi connectivity index (χ4v) is 4.56. The Kier molecular flexibility index (Phi) is 7.43. The summed E-state index contributed by atoms with van der Waals surface area (Å²) in [6, 6.07) is 20.2. The van der Waals surface area contributed by atoms with Crippen molar-refractivity contribution in [2.45, 2.75) is 38.0 Å². The molecule has 0 bridgehead atoms. The van der Waals surface area contributed by atoms with E-state index in [2.05, 4.69) is 24.3 Å². The molecule has 1 aliphatic heterocycles. The van der Waals surface area contributed by atoms with Crippen molar-refractivity contribution in [3.8, 4) is 5.75 Å². The minimum atomic E-state index is 0.212. The number of pyridine rings is 1. The van der Waals surface area contributed by atoms with Gasteiger partial charge in [-0.1, -0.05) is 41.9 Å². The lowest BCUT2D eigenvalue weighted by Gasteiger charge is -2.32. The molecule has 5 heteroatoms. The van der Waals surface area contributed by atoms with Gasteiger partial charge in [-0.15, -0.1) is 0 Å². The number of aryl methyl sites for hydroxylation is 1. The molecular formula is C27H29ClN2O2. The van der Waals surface area contributed by atoms with Crippen LogP contribution in [0.15, 0.2) is 66.9 Å². The molecule has 4 rings (SSSR count). The molecule has 1 saturated heterocycles.